The molecule has 0 bridgehead atoms. The predicted molar refractivity (Wildman–Crippen MR) is 76.4 cm³/mol. The molecule has 100 valence electrons. The van der Waals surface area contributed by atoms with Crippen LogP contribution in [0.15, 0.2) is 24.3 Å². The van der Waals surface area contributed by atoms with Crippen LogP contribution in [0.25, 0.3) is 0 Å². The Kier molecular flexibility index (Phi) is 5.86. The zero-order chi connectivity index (χ0) is 13.5. The van der Waals surface area contributed by atoms with Crippen molar-refractivity contribution in [2.75, 3.05) is 11.9 Å². The van der Waals surface area contributed by atoms with E-state index >= 15 is 0 Å². The van der Waals surface area contributed by atoms with Crippen LogP contribution in [0.1, 0.15) is 32.8 Å². The molecule has 1 atom stereocenters. The zero-order valence-corrected chi connectivity index (χ0v) is 11.6. The molecule has 0 aliphatic heterocycles. The molecule has 0 aliphatic rings. The Morgan fingerprint density at radius 2 is 1.89 bits per heavy atom. The van der Waals surface area contributed by atoms with Crippen LogP contribution < -0.4 is 11.1 Å². The predicted octanol–water partition coefficient (Wildman–Crippen LogP) is 2.81. The van der Waals surface area contributed by atoms with Crippen molar-refractivity contribution >= 4 is 11.6 Å². The van der Waals surface area contributed by atoms with E-state index in [-0.39, 0.29) is 11.8 Å². The highest BCUT2D eigenvalue weighted by Gasteiger charge is 2.21. The van der Waals surface area contributed by atoms with Crippen molar-refractivity contribution in [3.63, 3.8) is 0 Å². The van der Waals surface area contributed by atoms with E-state index < -0.39 is 0 Å². The molecule has 1 aromatic carbocycles. The van der Waals surface area contributed by atoms with Gasteiger partial charge in [-0.2, -0.15) is 0 Å². The molecular formula is C15H24N2O. The van der Waals surface area contributed by atoms with Crippen LogP contribution >= 0.6 is 0 Å². The van der Waals surface area contributed by atoms with Gasteiger partial charge >= 0.3 is 0 Å². The molecule has 0 radical (unpaired) electrons. The highest BCUT2D eigenvalue weighted by molar-refractivity contribution is 5.92. The SMILES string of the molecule is CCc1ccc(NC(=O)C(CCN)C(C)C)cc1. The van der Waals surface area contributed by atoms with Crippen molar-refractivity contribution in [2.45, 2.75) is 33.6 Å². The molecule has 0 heterocycles. The first-order valence-corrected chi connectivity index (χ1v) is 6.68. The summed E-state index contributed by atoms with van der Waals surface area (Å²) in [4.78, 5) is 12.1. The number of nitrogens with one attached hydrogen (secondary N) is 1. The summed E-state index contributed by atoms with van der Waals surface area (Å²) >= 11 is 0. The molecule has 3 nitrogen and oxygen atoms in total. The van der Waals surface area contributed by atoms with Crippen LogP contribution in [0.3, 0.4) is 0 Å². The Bertz CT molecular complexity index is 371. The van der Waals surface area contributed by atoms with Crippen molar-refractivity contribution in [3.05, 3.63) is 29.8 Å². The van der Waals surface area contributed by atoms with Crippen LogP contribution in [-0.4, -0.2) is 12.5 Å². The van der Waals surface area contributed by atoms with Crippen LogP contribution in [0.5, 0.6) is 0 Å². The van der Waals surface area contributed by atoms with Gasteiger partial charge in [-0.05, 0) is 43.0 Å². The van der Waals surface area contributed by atoms with E-state index in [0.717, 1.165) is 18.5 Å². The molecule has 18 heavy (non-hydrogen) atoms. The van der Waals surface area contributed by atoms with Crippen molar-refractivity contribution in [3.8, 4) is 0 Å². The molecule has 0 saturated heterocycles. The average Bonchev–Trinajstić information content (AvgIpc) is 2.36. The minimum atomic E-state index is -0.0131. The number of carbonyl (C=O) groups is 1. The number of carbonyl (C=O) groups excluding carboxylic acids is 1. The molecular weight excluding hydrogens is 224 g/mol. The van der Waals surface area contributed by atoms with Gasteiger partial charge in [-0.25, -0.2) is 0 Å². The van der Waals surface area contributed by atoms with E-state index in [0.29, 0.717) is 12.5 Å². The molecule has 0 aliphatic carbocycles. The summed E-state index contributed by atoms with van der Waals surface area (Å²) in [6, 6.07) is 8.00. The number of hydrogen-bond donors (Lipinski definition) is 2. The van der Waals surface area contributed by atoms with Gasteiger partial charge in [0.25, 0.3) is 0 Å². The van der Waals surface area contributed by atoms with Gasteiger partial charge in [0.1, 0.15) is 0 Å². The Morgan fingerprint density at radius 1 is 1.28 bits per heavy atom. The second-order valence-corrected chi connectivity index (χ2v) is 4.97. The summed E-state index contributed by atoms with van der Waals surface area (Å²) in [6.45, 7) is 6.77. The normalized spacial score (nSPS) is 12.5. The maximum absolute atomic E-state index is 12.1. The molecule has 0 saturated carbocycles. The summed E-state index contributed by atoms with van der Waals surface area (Å²) in [6.07, 6.45) is 1.74. The fourth-order valence-electron chi connectivity index (χ4n) is 2.01. The summed E-state index contributed by atoms with van der Waals surface area (Å²) in [5.74, 6) is 0.365. The van der Waals surface area contributed by atoms with Crippen molar-refractivity contribution in [2.24, 2.45) is 17.6 Å². The third-order valence-corrected chi connectivity index (χ3v) is 3.25. The Labute approximate surface area is 110 Å². The number of rotatable bonds is 6. The maximum Gasteiger partial charge on any atom is 0.227 e. The Hall–Kier alpha value is -1.35. The number of amides is 1. The number of hydrogen-bond acceptors (Lipinski definition) is 2. The number of nitrogens with two attached hydrogens (primary N) is 1. The van der Waals surface area contributed by atoms with Crippen molar-refractivity contribution in [1.82, 2.24) is 0 Å². The first kappa shape index (κ1) is 14.7. The summed E-state index contributed by atoms with van der Waals surface area (Å²) in [7, 11) is 0. The lowest BCUT2D eigenvalue weighted by Crippen LogP contribution is -2.29. The lowest BCUT2D eigenvalue weighted by atomic mass is 9.91. The minimum absolute atomic E-state index is 0.0131. The topological polar surface area (TPSA) is 55.1 Å². The number of aryl methyl sites for hydroxylation is 1. The molecule has 1 amide bonds. The summed E-state index contributed by atoms with van der Waals surface area (Å²) in [5.41, 5.74) is 7.69. The smallest absolute Gasteiger partial charge is 0.227 e. The number of anilines is 1. The third kappa shape index (κ3) is 4.15. The average molecular weight is 248 g/mol. The van der Waals surface area contributed by atoms with E-state index in [4.69, 9.17) is 5.73 Å². The second-order valence-electron chi connectivity index (χ2n) is 4.97. The van der Waals surface area contributed by atoms with Gasteiger partial charge in [-0.15, -0.1) is 0 Å². The van der Waals surface area contributed by atoms with Gasteiger partial charge in [-0.1, -0.05) is 32.9 Å². The van der Waals surface area contributed by atoms with Gasteiger partial charge in [0.15, 0.2) is 0 Å². The summed E-state index contributed by atoms with van der Waals surface area (Å²) < 4.78 is 0. The monoisotopic (exact) mass is 248 g/mol. The van der Waals surface area contributed by atoms with Crippen LogP contribution in [0.4, 0.5) is 5.69 Å². The lowest BCUT2D eigenvalue weighted by molar-refractivity contribution is -0.121. The lowest BCUT2D eigenvalue weighted by Gasteiger charge is -2.19. The molecule has 1 aromatic rings. The largest absolute Gasteiger partial charge is 0.330 e. The van der Waals surface area contributed by atoms with Crippen LogP contribution in [-0.2, 0) is 11.2 Å². The minimum Gasteiger partial charge on any atom is -0.330 e. The Balaban J connectivity index is 2.66. The van der Waals surface area contributed by atoms with Gasteiger partial charge in [0.05, 0.1) is 0 Å². The molecule has 0 fully saturated rings. The van der Waals surface area contributed by atoms with Gasteiger partial charge in [-0.3, -0.25) is 4.79 Å². The third-order valence-electron chi connectivity index (χ3n) is 3.25. The maximum atomic E-state index is 12.1. The molecule has 0 spiro atoms. The highest BCUT2D eigenvalue weighted by atomic mass is 16.1. The van der Waals surface area contributed by atoms with Crippen LogP contribution in [0.2, 0.25) is 0 Å². The van der Waals surface area contributed by atoms with E-state index in [1.54, 1.807) is 0 Å². The second kappa shape index (κ2) is 7.17. The van der Waals surface area contributed by atoms with Crippen molar-refractivity contribution in [1.29, 1.82) is 0 Å². The fourth-order valence-corrected chi connectivity index (χ4v) is 2.01. The van der Waals surface area contributed by atoms with E-state index in [2.05, 4.69) is 26.1 Å². The molecule has 1 rings (SSSR count). The van der Waals surface area contributed by atoms with Crippen LogP contribution in [0, 0.1) is 11.8 Å². The summed E-state index contributed by atoms with van der Waals surface area (Å²) in [5, 5.41) is 2.96. The highest BCUT2D eigenvalue weighted by Crippen LogP contribution is 2.18. The van der Waals surface area contributed by atoms with Gasteiger partial charge in [0, 0.05) is 11.6 Å². The standard InChI is InChI=1S/C15H24N2O/c1-4-12-5-7-13(8-6-12)17-15(18)14(9-10-16)11(2)3/h5-8,11,14H,4,9-10,16H2,1-3H3,(H,17,18). The first-order chi connectivity index (χ1) is 8.58. The van der Waals surface area contributed by atoms with E-state index in [9.17, 15) is 4.79 Å². The first-order valence-electron chi connectivity index (χ1n) is 6.68. The van der Waals surface area contributed by atoms with Gasteiger partial charge < -0.3 is 11.1 Å². The molecule has 1 unspecified atom stereocenters. The number of benzene rings is 1. The quantitative estimate of drug-likeness (QED) is 0.813. The van der Waals surface area contributed by atoms with Crippen molar-refractivity contribution < 1.29 is 4.79 Å². The zero-order valence-electron chi connectivity index (χ0n) is 11.6. The fraction of sp³-hybridized carbons (Fsp3) is 0.533. The Morgan fingerprint density at radius 3 is 2.33 bits per heavy atom. The molecule has 3 N–H and O–H groups in total. The molecule has 0 aromatic heterocycles. The van der Waals surface area contributed by atoms with E-state index in [1.807, 2.05) is 24.3 Å². The molecule has 3 heteroatoms. The van der Waals surface area contributed by atoms with E-state index in [1.165, 1.54) is 5.56 Å². The van der Waals surface area contributed by atoms with Gasteiger partial charge in [0.2, 0.25) is 5.91 Å².